The van der Waals surface area contributed by atoms with Crippen LogP contribution in [-0.2, 0) is 0 Å². The largest absolute Gasteiger partial charge is 0.391 e. The Bertz CT molecular complexity index is 1100. The minimum atomic E-state index is -0.127. The zero-order valence-corrected chi connectivity index (χ0v) is 18.4. The maximum Gasteiger partial charge on any atom is 0.162 e. The number of aliphatic hydroxyl groups is 1. The molecule has 3 fully saturated rings. The molecule has 0 amide bonds. The number of likely N-dealkylation sites (tertiary alicyclic amines) is 1. The van der Waals surface area contributed by atoms with E-state index in [0.717, 1.165) is 67.1 Å². The fourth-order valence-electron chi connectivity index (χ4n) is 6.04. The fourth-order valence-corrected chi connectivity index (χ4v) is 6.04. The van der Waals surface area contributed by atoms with Crippen molar-refractivity contribution in [2.24, 2.45) is 5.41 Å². The van der Waals surface area contributed by atoms with Crippen LogP contribution >= 0.6 is 0 Å². The van der Waals surface area contributed by atoms with E-state index >= 15 is 0 Å². The van der Waals surface area contributed by atoms with E-state index in [0.29, 0.717) is 11.5 Å². The number of anilines is 1. The summed E-state index contributed by atoms with van der Waals surface area (Å²) in [5, 5.41) is 11.4. The highest BCUT2D eigenvalue weighted by Crippen LogP contribution is 2.44. The van der Waals surface area contributed by atoms with Gasteiger partial charge in [0.2, 0.25) is 0 Å². The molecule has 3 aliphatic rings. The number of piperidine rings is 1. The van der Waals surface area contributed by atoms with Gasteiger partial charge in [0, 0.05) is 55.2 Å². The second kappa shape index (κ2) is 8.05. The first-order valence-corrected chi connectivity index (χ1v) is 11.9. The molecule has 3 aromatic heterocycles. The van der Waals surface area contributed by atoms with Crippen LogP contribution < -0.4 is 4.90 Å². The normalized spacial score (nSPS) is 25.7. The van der Waals surface area contributed by atoms with Crippen LogP contribution in [0.5, 0.6) is 0 Å². The molecule has 7 nitrogen and oxygen atoms in total. The third-order valence-corrected chi connectivity index (χ3v) is 7.92. The van der Waals surface area contributed by atoms with Crippen LogP contribution in [0, 0.1) is 5.41 Å². The maximum atomic E-state index is 10.4. The van der Waals surface area contributed by atoms with Gasteiger partial charge in [0.1, 0.15) is 5.82 Å². The fraction of sp³-hybridized carbons (Fsp3) is 0.520. The standard InChI is InChI=1S/C25H30N6O/c32-22-3-1-2-21(22)31-15-9-25(17-31)7-13-30(14-8-25)24-19-6-12-27-16-20(19)28-23(29-24)18-4-10-26-11-5-18/h4-6,10-12,16,21-22,32H,1-3,7-9,13-15,17H2. The van der Waals surface area contributed by atoms with Gasteiger partial charge in [-0.15, -0.1) is 0 Å². The highest BCUT2D eigenvalue weighted by Gasteiger charge is 2.44. The van der Waals surface area contributed by atoms with Crippen molar-refractivity contribution in [2.75, 3.05) is 31.1 Å². The van der Waals surface area contributed by atoms with Gasteiger partial charge in [-0.25, -0.2) is 9.97 Å². The average molecular weight is 431 g/mol. The molecule has 32 heavy (non-hydrogen) atoms. The van der Waals surface area contributed by atoms with Crippen LogP contribution in [0.25, 0.3) is 22.3 Å². The van der Waals surface area contributed by atoms with Crippen molar-refractivity contribution in [3.63, 3.8) is 0 Å². The molecule has 0 aromatic carbocycles. The Labute approximate surface area is 188 Å². The molecule has 2 unspecified atom stereocenters. The Balaban J connectivity index is 1.24. The molecule has 1 aliphatic carbocycles. The van der Waals surface area contributed by atoms with Crippen LogP contribution in [0.15, 0.2) is 43.0 Å². The summed E-state index contributed by atoms with van der Waals surface area (Å²) in [6, 6.07) is 6.33. The second-order valence-corrected chi connectivity index (χ2v) is 9.77. The van der Waals surface area contributed by atoms with Gasteiger partial charge in [0.25, 0.3) is 0 Å². The first kappa shape index (κ1) is 20.0. The minimum Gasteiger partial charge on any atom is -0.391 e. The highest BCUT2D eigenvalue weighted by molar-refractivity contribution is 5.90. The number of pyridine rings is 2. The Morgan fingerprint density at radius 2 is 1.69 bits per heavy atom. The molecular formula is C25H30N6O. The van der Waals surface area contributed by atoms with E-state index in [1.807, 2.05) is 30.6 Å². The SMILES string of the molecule is OC1CCCC1N1CCC2(CCN(c3nc(-c4ccncc4)nc4cnccc34)CC2)C1. The van der Waals surface area contributed by atoms with Crippen molar-refractivity contribution in [1.29, 1.82) is 0 Å². The van der Waals surface area contributed by atoms with Crippen molar-refractivity contribution in [3.05, 3.63) is 43.0 Å². The van der Waals surface area contributed by atoms with Crippen molar-refractivity contribution in [2.45, 2.75) is 50.7 Å². The van der Waals surface area contributed by atoms with E-state index in [1.165, 1.54) is 25.7 Å². The topological polar surface area (TPSA) is 78.3 Å². The molecule has 166 valence electrons. The zero-order valence-electron chi connectivity index (χ0n) is 18.4. The molecule has 0 bridgehead atoms. The Hall–Kier alpha value is -2.64. The van der Waals surface area contributed by atoms with E-state index in [1.54, 1.807) is 12.4 Å². The van der Waals surface area contributed by atoms with Crippen molar-refractivity contribution in [1.82, 2.24) is 24.8 Å². The molecule has 1 N–H and O–H groups in total. The van der Waals surface area contributed by atoms with Crippen molar-refractivity contribution < 1.29 is 5.11 Å². The van der Waals surface area contributed by atoms with E-state index in [2.05, 4.69) is 19.8 Å². The average Bonchev–Trinajstić information content (AvgIpc) is 3.45. The first-order valence-electron chi connectivity index (χ1n) is 11.9. The number of aliphatic hydroxyl groups excluding tert-OH is 1. The van der Waals surface area contributed by atoms with E-state index in [-0.39, 0.29) is 6.10 Å². The van der Waals surface area contributed by atoms with Crippen LogP contribution in [0.3, 0.4) is 0 Å². The lowest BCUT2D eigenvalue weighted by Crippen LogP contribution is -2.44. The quantitative estimate of drug-likeness (QED) is 0.683. The second-order valence-electron chi connectivity index (χ2n) is 9.77. The summed E-state index contributed by atoms with van der Waals surface area (Å²) in [4.78, 5) is 23.2. The summed E-state index contributed by atoms with van der Waals surface area (Å²) in [6.45, 7) is 4.28. The number of fused-ring (bicyclic) bond motifs is 1. The minimum absolute atomic E-state index is 0.127. The molecule has 1 spiro atoms. The van der Waals surface area contributed by atoms with Crippen LogP contribution in [-0.4, -0.2) is 68.3 Å². The van der Waals surface area contributed by atoms with Gasteiger partial charge >= 0.3 is 0 Å². The number of nitrogens with zero attached hydrogens (tertiary/aromatic N) is 6. The lowest BCUT2D eigenvalue weighted by atomic mass is 9.77. The monoisotopic (exact) mass is 430 g/mol. The molecule has 3 aromatic rings. The summed E-state index contributed by atoms with van der Waals surface area (Å²) >= 11 is 0. The molecule has 2 aliphatic heterocycles. The zero-order chi connectivity index (χ0) is 21.5. The van der Waals surface area contributed by atoms with Gasteiger partial charge in [-0.2, -0.15) is 0 Å². The van der Waals surface area contributed by atoms with Gasteiger partial charge < -0.3 is 10.0 Å². The summed E-state index contributed by atoms with van der Waals surface area (Å²) in [5.74, 6) is 1.74. The van der Waals surface area contributed by atoms with Crippen molar-refractivity contribution in [3.8, 4) is 11.4 Å². The first-order chi connectivity index (χ1) is 15.7. The predicted octanol–water partition coefficient (Wildman–Crippen LogP) is 3.29. The maximum absolute atomic E-state index is 10.4. The van der Waals surface area contributed by atoms with Gasteiger partial charge in [0.15, 0.2) is 5.82 Å². The van der Waals surface area contributed by atoms with Crippen LogP contribution in [0.2, 0.25) is 0 Å². The van der Waals surface area contributed by atoms with Gasteiger partial charge in [-0.05, 0) is 68.7 Å². The molecule has 6 rings (SSSR count). The molecule has 2 atom stereocenters. The number of hydrogen-bond donors (Lipinski definition) is 1. The molecular weight excluding hydrogens is 400 g/mol. The summed E-state index contributed by atoms with van der Waals surface area (Å²) in [7, 11) is 0. The molecule has 2 saturated heterocycles. The Morgan fingerprint density at radius 1 is 0.906 bits per heavy atom. The van der Waals surface area contributed by atoms with Crippen LogP contribution in [0.4, 0.5) is 5.82 Å². The molecule has 7 heteroatoms. The molecule has 1 saturated carbocycles. The Morgan fingerprint density at radius 3 is 2.47 bits per heavy atom. The van der Waals surface area contributed by atoms with Gasteiger partial charge in [-0.1, -0.05) is 0 Å². The third kappa shape index (κ3) is 3.53. The summed E-state index contributed by atoms with van der Waals surface area (Å²) in [6.07, 6.45) is 14.0. The highest BCUT2D eigenvalue weighted by atomic mass is 16.3. The van der Waals surface area contributed by atoms with Gasteiger partial charge in [-0.3, -0.25) is 14.9 Å². The smallest absolute Gasteiger partial charge is 0.162 e. The predicted molar refractivity (Wildman–Crippen MR) is 124 cm³/mol. The third-order valence-electron chi connectivity index (χ3n) is 7.92. The van der Waals surface area contributed by atoms with E-state index in [4.69, 9.17) is 9.97 Å². The molecule has 5 heterocycles. The Kier molecular flexibility index (Phi) is 5.03. The van der Waals surface area contributed by atoms with Crippen LogP contribution in [0.1, 0.15) is 38.5 Å². The number of rotatable bonds is 3. The van der Waals surface area contributed by atoms with E-state index < -0.39 is 0 Å². The lowest BCUT2D eigenvalue weighted by Gasteiger charge is -2.41. The summed E-state index contributed by atoms with van der Waals surface area (Å²) < 4.78 is 0. The number of aromatic nitrogens is 4. The van der Waals surface area contributed by atoms with Gasteiger partial charge in [0.05, 0.1) is 17.8 Å². The lowest BCUT2D eigenvalue weighted by molar-refractivity contribution is 0.0743. The van der Waals surface area contributed by atoms with E-state index in [9.17, 15) is 5.11 Å². The van der Waals surface area contributed by atoms with Crippen molar-refractivity contribution >= 4 is 16.7 Å². The number of hydrogen-bond acceptors (Lipinski definition) is 7. The summed E-state index contributed by atoms with van der Waals surface area (Å²) in [5.41, 5.74) is 2.24. The molecule has 0 radical (unpaired) electrons.